The van der Waals surface area contributed by atoms with Crippen LogP contribution in [0.4, 0.5) is 0 Å². The minimum absolute atomic E-state index is 0.0510. The Morgan fingerprint density at radius 2 is 1.87 bits per heavy atom. The maximum absolute atomic E-state index is 13.4. The van der Waals surface area contributed by atoms with Gasteiger partial charge in [-0.25, -0.2) is 0 Å². The van der Waals surface area contributed by atoms with Crippen LogP contribution < -0.4 is 0 Å². The van der Waals surface area contributed by atoms with Crippen molar-refractivity contribution in [1.82, 2.24) is 14.8 Å². The first-order valence-corrected chi connectivity index (χ1v) is 11.7. The van der Waals surface area contributed by atoms with Gasteiger partial charge in [-0.3, -0.25) is 14.6 Å². The Hall–Kier alpha value is -2.69. The largest absolute Gasteiger partial charge is 0.338 e. The van der Waals surface area contributed by atoms with Crippen molar-refractivity contribution < 1.29 is 9.59 Å². The Morgan fingerprint density at radius 3 is 2.61 bits per heavy atom. The fraction of sp³-hybridized carbons (Fsp3) is 0.500. The fourth-order valence-electron chi connectivity index (χ4n) is 6.01. The molecule has 3 heterocycles. The van der Waals surface area contributed by atoms with Crippen LogP contribution in [-0.4, -0.2) is 52.3 Å². The Balaban J connectivity index is 1.42. The van der Waals surface area contributed by atoms with Gasteiger partial charge in [0.2, 0.25) is 5.91 Å². The number of hydrogen-bond acceptors (Lipinski definition) is 3. The molecule has 1 aromatic heterocycles. The van der Waals surface area contributed by atoms with Crippen LogP contribution in [0.15, 0.2) is 48.8 Å². The van der Waals surface area contributed by atoms with Crippen molar-refractivity contribution in [3.63, 3.8) is 0 Å². The predicted octanol–water partition coefficient (Wildman–Crippen LogP) is 4.04. The van der Waals surface area contributed by atoms with Gasteiger partial charge >= 0.3 is 0 Å². The van der Waals surface area contributed by atoms with Crippen LogP contribution in [-0.2, 0) is 4.79 Å². The van der Waals surface area contributed by atoms with Crippen molar-refractivity contribution in [2.75, 3.05) is 19.6 Å². The van der Waals surface area contributed by atoms with E-state index >= 15 is 0 Å². The highest BCUT2D eigenvalue weighted by atomic mass is 16.2. The van der Waals surface area contributed by atoms with Crippen LogP contribution in [0.5, 0.6) is 0 Å². The van der Waals surface area contributed by atoms with Crippen LogP contribution in [0.1, 0.15) is 59.5 Å². The second-order valence-corrected chi connectivity index (χ2v) is 9.51. The smallest absolute Gasteiger partial charge is 0.255 e. The molecule has 5 heteroatoms. The molecule has 2 aliphatic heterocycles. The van der Waals surface area contributed by atoms with Gasteiger partial charge in [0.05, 0.1) is 5.56 Å². The van der Waals surface area contributed by atoms with E-state index < -0.39 is 0 Å². The highest BCUT2D eigenvalue weighted by Crippen LogP contribution is 2.43. The maximum Gasteiger partial charge on any atom is 0.255 e. The van der Waals surface area contributed by atoms with Gasteiger partial charge in [0.1, 0.15) is 0 Å². The summed E-state index contributed by atoms with van der Waals surface area (Å²) in [7, 11) is 0. The first-order chi connectivity index (χ1) is 15.1. The molecule has 0 spiro atoms. The number of carbonyl (C=O) groups is 2. The third-order valence-corrected chi connectivity index (χ3v) is 7.58. The summed E-state index contributed by atoms with van der Waals surface area (Å²) < 4.78 is 0. The Labute approximate surface area is 184 Å². The molecular weight excluding hydrogens is 386 g/mol. The van der Waals surface area contributed by atoms with E-state index in [9.17, 15) is 9.59 Å². The molecule has 0 N–H and O–H groups in total. The molecular formula is C26H31N3O2. The molecule has 0 unspecified atom stereocenters. The number of benzene rings is 1. The van der Waals surface area contributed by atoms with Gasteiger partial charge < -0.3 is 9.80 Å². The van der Waals surface area contributed by atoms with Gasteiger partial charge in [-0.15, -0.1) is 0 Å². The number of amides is 2. The summed E-state index contributed by atoms with van der Waals surface area (Å²) in [6.45, 7) is 4.30. The highest BCUT2D eigenvalue weighted by molar-refractivity contribution is 5.94. The number of hydrogen-bond donors (Lipinski definition) is 0. The van der Waals surface area contributed by atoms with Crippen molar-refractivity contribution in [2.24, 2.45) is 11.8 Å². The molecule has 3 aliphatic rings. The molecule has 2 aromatic rings. The zero-order chi connectivity index (χ0) is 21.4. The summed E-state index contributed by atoms with van der Waals surface area (Å²) in [5, 5.41) is 0. The van der Waals surface area contributed by atoms with Crippen molar-refractivity contribution >= 4 is 11.8 Å². The number of likely N-dealkylation sites (tertiary alicyclic amines) is 2. The van der Waals surface area contributed by atoms with Gasteiger partial charge in [-0.05, 0) is 43.9 Å². The Morgan fingerprint density at radius 1 is 1.03 bits per heavy atom. The zero-order valence-corrected chi connectivity index (χ0v) is 18.2. The lowest BCUT2D eigenvalue weighted by Crippen LogP contribution is -2.50. The molecule has 0 bridgehead atoms. The van der Waals surface area contributed by atoms with E-state index in [1.54, 1.807) is 12.4 Å². The number of piperidine rings is 1. The minimum Gasteiger partial charge on any atom is -0.338 e. The van der Waals surface area contributed by atoms with Crippen LogP contribution in [0, 0.1) is 18.8 Å². The number of aromatic nitrogens is 1. The van der Waals surface area contributed by atoms with E-state index in [0.717, 1.165) is 25.8 Å². The van der Waals surface area contributed by atoms with E-state index in [1.165, 1.54) is 24.0 Å². The highest BCUT2D eigenvalue weighted by Gasteiger charge is 2.48. The van der Waals surface area contributed by atoms with Crippen molar-refractivity contribution in [3.8, 4) is 0 Å². The normalized spacial score (nSPS) is 26.2. The van der Waals surface area contributed by atoms with Gasteiger partial charge in [0.15, 0.2) is 0 Å². The topological polar surface area (TPSA) is 53.5 Å². The summed E-state index contributed by atoms with van der Waals surface area (Å²) in [6, 6.07) is 12.6. The second-order valence-electron chi connectivity index (χ2n) is 9.51. The van der Waals surface area contributed by atoms with Gasteiger partial charge in [0, 0.05) is 55.8 Å². The fourth-order valence-corrected chi connectivity index (χ4v) is 6.01. The number of fused-ring (bicyclic) bond motifs is 1. The monoisotopic (exact) mass is 417 g/mol. The third kappa shape index (κ3) is 3.86. The van der Waals surface area contributed by atoms with Crippen LogP contribution in [0.25, 0.3) is 0 Å². The number of carbonyl (C=O) groups excluding carboxylic acids is 2. The van der Waals surface area contributed by atoms with E-state index in [-0.39, 0.29) is 29.7 Å². The molecule has 5 nitrogen and oxygen atoms in total. The minimum atomic E-state index is 0.0510. The van der Waals surface area contributed by atoms with Gasteiger partial charge in [-0.1, -0.05) is 42.7 Å². The quantitative estimate of drug-likeness (QED) is 0.757. The number of nitrogens with zero attached hydrogens (tertiary/aromatic N) is 3. The van der Waals surface area contributed by atoms with Crippen molar-refractivity contribution in [1.29, 1.82) is 0 Å². The summed E-state index contributed by atoms with van der Waals surface area (Å²) in [5.41, 5.74) is 3.19. The van der Waals surface area contributed by atoms with Crippen molar-refractivity contribution in [2.45, 2.75) is 51.0 Å². The predicted molar refractivity (Wildman–Crippen MR) is 120 cm³/mol. The lowest BCUT2D eigenvalue weighted by molar-refractivity contribution is -0.137. The molecule has 31 heavy (non-hydrogen) atoms. The number of rotatable bonds is 3. The first kappa shape index (κ1) is 20.2. The molecule has 0 radical (unpaired) electrons. The molecule has 1 aliphatic carbocycles. The molecule has 3 fully saturated rings. The lowest BCUT2D eigenvalue weighted by Gasteiger charge is -2.39. The molecule has 162 valence electrons. The summed E-state index contributed by atoms with van der Waals surface area (Å²) in [6.07, 6.45) is 8.62. The van der Waals surface area contributed by atoms with E-state index in [4.69, 9.17) is 0 Å². The third-order valence-electron chi connectivity index (χ3n) is 7.58. The Bertz CT molecular complexity index is 954. The Kier molecular flexibility index (Phi) is 5.51. The van der Waals surface area contributed by atoms with E-state index in [1.807, 2.05) is 17.0 Å². The number of aryl methyl sites for hydroxylation is 1. The standard InChI is InChI=1S/C26H31N3O2/c1-18-6-4-9-20(14-18)22-17-29(26(31)19-7-2-3-8-19)24-11-13-28(16-23(22)24)25(30)21-10-5-12-27-15-21/h4-6,9-10,12,14-15,19,22-24H,2-3,7-8,11,13,16-17H2,1H3/t22-,23-,24-/m1/s1. The molecule has 3 atom stereocenters. The number of pyridine rings is 1. The van der Waals surface area contributed by atoms with Gasteiger partial charge in [-0.2, -0.15) is 0 Å². The first-order valence-electron chi connectivity index (χ1n) is 11.7. The molecule has 2 amide bonds. The average Bonchev–Trinajstić information content (AvgIpc) is 3.47. The van der Waals surface area contributed by atoms with E-state index in [2.05, 4.69) is 41.1 Å². The zero-order valence-electron chi connectivity index (χ0n) is 18.2. The van der Waals surface area contributed by atoms with E-state index in [0.29, 0.717) is 24.6 Å². The lowest BCUT2D eigenvalue weighted by atomic mass is 9.81. The molecule has 1 saturated carbocycles. The summed E-state index contributed by atoms with van der Waals surface area (Å²) in [5.74, 6) is 1.16. The molecule has 1 aromatic carbocycles. The van der Waals surface area contributed by atoms with Gasteiger partial charge in [0.25, 0.3) is 5.91 Å². The molecule has 5 rings (SSSR count). The second kappa shape index (κ2) is 8.45. The SMILES string of the molecule is Cc1cccc([C@H]2CN(C(=O)C3CCCC3)[C@@H]3CCN(C(=O)c4cccnc4)C[C@H]23)c1. The maximum atomic E-state index is 13.4. The molecule has 2 saturated heterocycles. The average molecular weight is 418 g/mol. The summed E-state index contributed by atoms with van der Waals surface area (Å²) >= 11 is 0. The van der Waals surface area contributed by atoms with Crippen LogP contribution >= 0.6 is 0 Å². The van der Waals surface area contributed by atoms with Crippen LogP contribution in [0.3, 0.4) is 0 Å². The van der Waals surface area contributed by atoms with Crippen molar-refractivity contribution in [3.05, 3.63) is 65.5 Å². The van der Waals surface area contributed by atoms with Crippen LogP contribution in [0.2, 0.25) is 0 Å². The summed E-state index contributed by atoms with van der Waals surface area (Å²) in [4.78, 5) is 34.8.